The van der Waals surface area contributed by atoms with Crippen molar-refractivity contribution < 1.29 is 9.53 Å². The summed E-state index contributed by atoms with van der Waals surface area (Å²) in [5, 5.41) is 3.29. The molecule has 88 valence electrons. The summed E-state index contributed by atoms with van der Waals surface area (Å²) < 4.78 is 4.62. The first kappa shape index (κ1) is 12.5. The third-order valence-electron chi connectivity index (χ3n) is 2.32. The minimum absolute atomic E-state index is 0.318. The molecule has 0 aliphatic heterocycles. The number of anilines is 1. The van der Waals surface area contributed by atoms with Crippen LogP contribution in [0.3, 0.4) is 0 Å². The van der Waals surface area contributed by atoms with Gasteiger partial charge in [-0.25, -0.2) is 4.79 Å². The number of rotatable bonds is 5. The molecule has 0 saturated heterocycles. The molecular weight excluding hydrogens is 204 g/mol. The van der Waals surface area contributed by atoms with Crippen molar-refractivity contribution in [3.8, 4) is 0 Å². The van der Waals surface area contributed by atoms with Gasteiger partial charge in [-0.3, -0.25) is 0 Å². The predicted octanol–water partition coefficient (Wildman–Crippen LogP) is 1.62. The van der Waals surface area contributed by atoms with Crippen LogP contribution in [0.25, 0.3) is 0 Å². The number of hydrogen-bond donors (Lipinski definition) is 2. The summed E-state index contributed by atoms with van der Waals surface area (Å²) in [6, 6.07) is 7.53. The van der Waals surface area contributed by atoms with Crippen molar-refractivity contribution in [3.63, 3.8) is 0 Å². The third-order valence-corrected chi connectivity index (χ3v) is 2.32. The molecule has 4 nitrogen and oxygen atoms in total. The molecule has 4 heteroatoms. The number of carbonyl (C=O) groups is 1. The van der Waals surface area contributed by atoms with Gasteiger partial charge < -0.3 is 15.8 Å². The first-order chi connectivity index (χ1) is 7.67. The molecule has 1 atom stereocenters. The molecule has 0 spiro atoms. The predicted molar refractivity (Wildman–Crippen MR) is 64.5 cm³/mol. The van der Waals surface area contributed by atoms with E-state index in [2.05, 4.69) is 17.0 Å². The number of ether oxygens (including phenoxy) is 1. The van der Waals surface area contributed by atoms with Crippen LogP contribution in [0.4, 0.5) is 5.69 Å². The van der Waals surface area contributed by atoms with Gasteiger partial charge in [0.2, 0.25) is 0 Å². The smallest absolute Gasteiger partial charge is 0.337 e. The van der Waals surface area contributed by atoms with Crippen LogP contribution < -0.4 is 11.1 Å². The van der Waals surface area contributed by atoms with Crippen molar-refractivity contribution in [1.29, 1.82) is 0 Å². The number of benzene rings is 1. The lowest BCUT2D eigenvalue weighted by atomic mass is 10.2. The number of carbonyl (C=O) groups excluding carboxylic acids is 1. The zero-order valence-corrected chi connectivity index (χ0v) is 9.69. The Morgan fingerprint density at radius 2 is 2.06 bits per heavy atom. The highest BCUT2D eigenvalue weighted by atomic mass is 16.5. The largest absolute Gasteiger partial charge is 0.465 e. The molecule has 0 fully saturated rings. The van der Waals surface area contributed by atoms with E-state index in [1.807, 2.05) is 12.1 Å². The van der Waals surface area contributed by atoms with Gasteiger partial charge in [0.05, 0.1) is 12.7 Å². The van der Waals surface area contributed by atoms with E-state index in [0.29, 0.717) is 18.2 Å². The van der Waals surface area contributed by atoms with Crippen LogP contribution in [0, 0.1) is 0 Å². The molecule has 0 aromatic heterocycles. The molecule has 16 heavy (non-hydrogen) atoms. The fraction of sp³-hybridized carbons (Fsp3) is 0.417. The van der Waals surface area contributed by atoms with E-state index >= 15 is 0 Å². The zero-order valence-electron chi connectivity index (χ0n) is 9.69. The van der Waals surface area contributed by atoms with E-state index in [-0.39, 0.29) is 5.97 Å². The first-order valence-electron chi connectivity index (χ1n) is 5.32. The van der Waals surface area contributed by atoms with Crippen LogP contribution in [-0.4, -0.2) is 25.7 Å². The van der Waals surface area contributed by atoms with Gasteiger partial charge in [-0.1, -0.05) is 0 Å². The maximum Gasteiger partial charge on any atom is 0.337 e. The summed E-state index contributed by atoms with van der Waals surface area (Å²) in [7, 11) is 1.37. The maximum absolute atomic E-state index is 11.2. The number of nitrogens with one attached hydrogen (secondary N) is 1. The number of hydrogen-bond acceptors (Lipinski definition) is 4. The first-order valence-corrected chi connectivity index (χ1v) is 5.32. The van der Waals surface area contributed by atoms with Gasteiger partial charge in [0.1, 0.15) is 0 Å². The second kappa shape index (κ2) is 6.12. The fourth-order valence-electron chi connectivity index (χ4n) is 1.43. The molecule has 1 aromatic carbocycles. The lowest BCUT2D eigenvalue weighted by Crippen LogP contribution is -2.19. The molecule has 3 N–H and O–H groups in total. The van der Waals surface area contributed by atoms with Gasteiger partial charge in [-0.05, 0) is 44.2 Å². The van der Waals surface area contributed by atoms with Gasteiger partial charge in [-0.2, -0.15) is 0 Å². The number of methoxy groups -OCH3 is 1. The highest BCUT2D eigenvalue weighted by Gasteiger charge is 2.05. The van der Waals surface area contributed by atoms with Gasteiger partial charge in [0, 0.05) is 11.7 Å². The molecule has 0 aliphatic rings. The fourth-order valence-corrected chi connectivity index (χ4v) is 1.43. The second-order valence-corrected chi connectivity index (χ2v) is 3.69. The van der Waals surface area contributed by atoms with Crippen LogP contribution in [0.2, 0.25) is 0 Å². The lowest BCUT2D eigenvalue weighted by molar-refractivity contribution is 0.0601. The Balaban J connectivity index is 2.61. The van der Waals surface area contributed by atoms with Gasteiger partial charge in [0.15, 0.2) is 0 Å². The number of esters is 1. The van der Waals surface area contributed by atoms with E-state index in [4.69, 9.17) is 5.73 Å². The summed E-state index contributed by atoms with van der Waals surface area (Å²) in [5.74, 6) is -0.318. The Hall–Kier alpha value is -1.55. The van der Waals surface area contributed by atoms with Crippen LogP contribution in [0.1, 0.15) is 23.7 Å². The highest BCUT2D eigenvalue weighted by molar-refractivity contribution is 5.89. The van der Waals surface area contributed by atoms with Crippen molar-refractivity contribution in [1.82, 2.24) is 0 Å². The Bertz CT molecular complexity index is 335. The quantitative estimate of drug-likeness (QED) is 0.743. The average Bonchev–Trinajstić information content (AvgIpc) is 2.29. The minimum Gasteiger partial charge on any atom is -0.465 e. The van der Waals surface area contributed by atoms with E-state index in [1.165, 1.54) is 7.11 Å². The van der Waals surface area contributed by atoms with Crippen LogP contribution in [-0.2, 0) is 4.74 Å². The molecule has 0 aliphatic carbocycles. The highest BCUT2D eigenvalue weighted by Crippen LogP contribution is 2.12. The molecule has 0 heterocycles. The van der Waals surface area contributed by atoms with Gasteiger partial charge >= 0.3 is 5.97 Å². The third kappa shape index (κ3) is 3.55. The van der Waals surface area contributed by atoms with E-state index in [0.717, 1.165) is 12.1 Å². The van der Waals surface area contributed by atoms with Crippen LogP contribution in [0.5, 0.6) is 0 Å². The van der Waals surface area contributed by atoms with Crippen molar-refractivity contribution in [2.24, 2.45) is 5.73 Å². The second-order valence-electron chi connectivity index (χ2n) is 3.69. The van der Waals surface area contributed by atoms with Crippen molar-refractivity contribution in [3.05, 3.63) is 29.8 Å². The van der Waals surface area contributed by atoms with Crippen LogP contribution >= 0.6 is 0 Å². The monoisotopic (exact) mass is 222 g/mol. The Morgan fingerprint density at radius 3 is 2.56 bits per heavy atom. The Morgan fingerprint density at radius 1 is 1.44 bits per heavy atom. The van der Waals surface area contributed by atoms with Gasteiger partial charge in [-0.15, -0.1) is 0 Å². The molecular formula is C12H18N2O2. The summed E-state index contributed by atoms with van der Waals surface area (Å²) >= 11 is 0. The molecule has 1 rings (SSSR count). The summed E-state index contributed by atoms with van der Waals surface area (Å²) in [6.07, 6.45) is 0.915. The summed E-state index contributed by atoms with van der Waals surface area (Å²) in [5.41, 5.74) is 7.00. The maximum atomic E-state index is 11.2. The SMILES string of the molecule is COC(=O)c1ccc(NC(C)CCN)cc1. The Kier molecular flexibility index (Phi) is 4.79. The summed E-state index contributed by atoms with van der Waals surface area (Å²) in [4.78, 5) is 11.2. The van der Waals surface area contributed by atoms with E-state index in [9.17, 15) is 4.79 Å². The normalized spacial score (nSPS) is 11.9. The van der Waals surface area contributed by atoms with Crippen molar-refractivity contribution in [2.45, 2.75) is 19.4 Å². The topological polar surface area (TPSA) is 64.3 Å². The van der Waals surface area contributed by atoms with E-state index < -0.39 is 0 Å². The lowest BCUT2D eigenvalue weighted by Gasteiger charge is -2.14. The Labute approximate surface area is 95.8 Å². The molecule has 1 unspecified atom stereocenters. The summed E-state index contributed by atoms with van der Waals surface area (Å²) in [6.45, 7) is 2.73. The van der Waals surface area contributed by atoms with Crippen LogP contribution in [0.15, 0.2) is 24.3 Å². The zero-order chi connectivity index (χ0) is 12.0. The molecule has 0 bridgehead atoms. The molecule has 0 radical (unpaired) electrons. The average molecular weight is 222 g/mol. The standard InChI is InChI=1S/C12H18N2O2/c1-9(7-8-13)14-11-5-3-10(4-6-11)12(15)16-2/h3-6,9,14H,7-8,13H2,1-2H3. The van der Waals surface area contributed by atoms with Crippen molar-refractivity contribution >= 4 is 11.7 Å². The minimum atomic E-state index is -0.318. The van der Waals surface area contributed by atoms with Crippen molar-refractivity contribution in [2.75, 3.05) is 19.0 Å². The van der Waals surface area contributed by atoms with E-state index in [1.54, 1.807) is 12.1 Å². The van der Waals surface area contributed by atoms with Gasteiger partial charge in [0.25, 0.3) is 0 Å². The number of nitrogens with two attached hydrogens (primary N) is 1. The molecule has 1 aromatic rings. The molecule has 0 amide bonds. The molecule has 0 saturated carbocycles.